The average Bonchev–Trinajstić information content (AvgIpc) is 3.80. The predicted octanol–water partition coefficient (Wildman–Crippen LogP) is 12.8. The van der Waals surface area contributed by atoms with Crippen molar-refractivity contribution in [1.29, 1.82) is 0 Å². The second kappa shape index (κ2) is 10.1. The zero-order valence-corrected chi connectivity index (χ0v) is 27.4. The summed E-state index contributed by atoms with van der Waals surface area (Å²) >= 11 is 1.85. The number of thiophene rings is 1. The van der Waals surface area contributed by atoms with E-state index in [4.69, 9.17) is 9.40 Å². The van der Waals surface area contributed by atoms with Crippen molar-refractivity contribution < 1.29 is 4.42 Å². The Morgan fingerprint density at radius 1 is 0.562 bits per heavy atom. The predicted molar refractivity (Wildman–Crippen MR) is 202 cm³/mol. The summed E-state index contributed by atoms with van der Waals surface area (Å²) in [5.41, 5.74) is 11.2. The van der Waals surface area contributed by atoms with Crippen LogP contribution in [-0.4, -0.2) is 4.98 Å². The lowest BCUT2D eigenvalue weighted by molar-refractivity contribution is 0.623. The van der Waals surface area contributed by atoms with Crippen LogP contribution in [0.3, 0.4) is 0 Å². The van der Waals surface area contributed by atoms with E-state index in [1.807, 2.05) is 41.7 Å². The molecule has 2 aromatic heterocycles. The molecule has 48 heavy (non-hydrogen) atoms. The molecule has 0 amide bonds. The highest BCUT2D eigenvalue weighted by Gasteiger charge is 2.36. The first-order valence-corrected chi connectivity index (χ1v) is 17.2. The summed E-state index contributed by atoms with van der Waals surface area (Å²) in [6, 6.07) is 52.4. The smallest absolute Gasteiger partial charge is 0.227 e. The van der Waals surface area contributed by atoms with Gasteiger partial charge in [0.05, 0.1) is 5.69 Å². The fourth-order valence-electron chi connectivity index (χ4n) is 7.74. The van der Waals surface area contributed by atoms with Crippen molar-refractivity contribution in [2.75, 3.05) is 4.90 Å². The topological polar surface area (TPSA) is 29.3 Å². The Labute approximate surface area is 282 Å². The molecule has 0 atom stereocenters. The molecule has 0 bridgehead atoms. The van der Waals surface area contributed by atoms with Crippen molar-refractivity contribution in [3.05, 3.63) is 157 Å². The Bertz CT molecular complexity index is 2720. The van der Waals surface area contributed by atoms with Gasteiger partial charge in [0, 0.05) is 53.3 Å². The van der Waals surface area contributed by atoms with Gasteiger partial charge in [-0.25, -0.2) is 4.98 Å². The van der Waals surface area contributed by atoms with E-state index >= 15 is 0 Å². The maximum Gasteiger partial charge on any atom is 0.227 e. The molecule has 0 radical (unpaired) electrons. The molecule has 0 spiro atoms. The van der Waals surface area contributed by atoms with Gasteiger partial charge in [0.1, 0.15) is 5.52 Å². The van der Waals surface area contributed by atoms with Gasteiger partial charge >= 0.3 is 0 Å². The monoisotopic (exact) mass is 634 g/mol. The van der Waals surface area contributed by atoms with E-state index in [1.165, 1.54) is 42.4 Å². The van der Waals surface area contributed by atoms with E-state index in [0.29, 0.717) is 5.89 Å². The first-order chi connectivity index (χ1) is 23.5. The van der Waals surface area contributed by atoms with Crippen LogP contribution in [0.15, 0.2) is 150 Å². The number of hydrogen-bond donors (Lipinski definition) is 0. The Balaban J connectivity index is 1.22. The van der Waals surface area contributed by atoms with E-state index < -0.39 is 0 Å². The zero-order chi connectivity index (χ0) is 32.0. The largest absolute Gasteiger partial charge is 0.435 e. The Morgan fingerprint density at radius 2 is 1.29 bits per heavy atom. The van der Waals surface area contributed by atoms with Gasteiger partial charge in [0.2, 0.25) is 5.89 Å². The molecule has 7 aromatic carbocycles. The maximum atomic E-state index is 6.50. The SMILES string of the molecule is CC1(C)c2ccccc2-c2ccc(N(c3ccc4sc5ccccc5c4c3)c3cccc4c3ccc3nc(-c5ccccc5)oc34)cc21. The highest BCUT2D eigenvalue weighted by molar-refractivity contribution is 7.25. The van der Waals surface area contributed by atoms with Crippen molar-refractivity contribution in [2.45, 2.75) is 19.3 Å². The van der Waals surface area contributed by atoms with Crippen LogP contribution in [0.25, 0.3) is 64.6 Å². The number of hydrogen-bond acceptors (Lipinski definition) is 4. The second-order valence-corrected chi connectivity index (χ2v) is 14.3. The van der Waals surface area contributed by atoms with Crippen molar-refractivity contribution in [3.63, 3.8) is 0 Å². The van der Waals surface area contributed by atoms with Gasteiger partial charge in [-0.3, -0.25) is 0 Å². The average molecular weight is 635 g/mol. The molecule has 10 rings (SSSR count). The molecule has 228 valence electrons. The van der Waals surface area contributed by atoms with E-state index in [-0.39, 0.29) is 5.41 Å². The molecule has 0 saturated carbocycles. The van der Waals surface area contributed by atoms with Crippen LogP contribution in [0.5, 0.6) is 0 Å². The third-order valence-corrected chi connectivity index (χ3v) is 11.2. The molecule has 0 unspecified atom stereocenters. The molecule has 2 heterocycles. The van der Waals surface area contributed by atoms with Gasteiger partial charge in [-0.2, -0.15) is 0 Å². The summed E-state index contributed by atoms with van der Waals surface area (Å²) in [7, 11) is 0. The highest BCUT2D eigenvalue weighted by Crippen LogP contribution is 2.51. The molecule has 0 saturated heterocycles. The third-order valence-electron chi connectivity index (χ3n) is 10.1. The molecule has 4 heteroatoms. The zero-order valence-electron chi connectivity index (χ0n) is 26.6. The van der Waals surface area contributed by atoms with E-state index in [1.54, 1.807) is 0 Å². The number of anilines is 3. The minimum Gasteiger partial charge on any atom is -0.435 e. The first kappa shape index (κ1) is 27.4. The van der Waals surface area contributed by atoms with Gasteiger partial charge in [0.15, 0.2) is 5.58 Å². The maximum absolute atomic E-state index is 6.50. The van der Waals surface area contributed by atoms with E-state index in [2.05, 4.69) is 134 Å². The normalized spacial score (nSPS) is 13.4. The number of nitrogens with zero attached hydrogens (tertiary/aromatic N) is 2. The lowest BCUT2D eigenvalue weighted by Gasteiger charge is -2.29. The second-order valence-electron chi connectivity index (χ2n) is 13.2. The van der Waals surface area contributed by atoms with Gasteiger partial charge < -0.3 is 9.32 Å². The third kappa shape index (κ3) is 3.96. The van der Waals surface area contributed by atoms with Crippen LogP contribution in [0, 0.1) is 0 Å². The molecule has 1 aliphatic carbocycles. The van der Waals surface area contributed by atoms with Crippen molar-refractivity contribution in [3.8, 4) is 22.6 Å². The quantitative estimate of drug-likeness (QED) is 0.193. The van der Waals surface area contributed by atoms with Crippen LogP contribution in [-0.2, 0) is 5.41 Å². The van der Waals surface area contributed by atoms with E-state index in [9.17, 15) is 0 Å². The molecule has 0 aliphatic heterocycles. The molecule has 3 nitrogen and oxygen atoms in total. The van der Waals surface area contributed by atoms with Crippen LogP contribution >= 0.6 is 11.3 Å². The molecular formula is C44H30N2OS. The van der Waals surface area contributed by atoms with Crippen LogP contribution in [0.4, 0.5) is 17.1 Å². The molecule has 0 N–H and O–H groups in total. The fraction of sp³-hybridized carbons (Fsp3) is 0.0682. The highest BCUT2D eigenvalue weighted by atomic mass is 32.1. The van der Waals surface area contributed by atoms with Gasteiger partial charge in [-0.05, 0) is 89.0 Å². The minimum atomic E-state index is -0.111. The fourth-order valence-corrected chi connectivity index (χ4v) is 8.82. The first-order valence-electron chi connectivity index (χ1n) is 16.4. The van der Waals surface area contributed by atoms with Crippen LogP contribution in [0.2, 0.25) is 0 Å². The molecule has 9 aromatic rings. The Morgan fingerprint density at radius 3 is 2.21 bits per heavy atom. The number of aromatic nitrogens is 1. The summed E-state index contributed by atoms with van der Waals surface area (Å²) in [5.74, 6) is 0.635. The van der Waals surface area contributed by atoms with Crippen molar-refractivity contribution >= 4 is 70.4 Å². The van der Waals surface area contributed by atoms with Gasteiger partial charge in [0.25, 0.3) is 0 Å². The van der Waals surface area contributed by atoms with Gasteiger partial charge in [-0.1, -0.05) is 92.7 Å². The van der Waals surface area contributed by atoms with Crippen LogP contribution in [0.1, 0.15) is 25.0 Å². The molecule has 0 fully saturated rings. The summed E-state index contributed by atoms with van der Waals surface area (Å²) in [4.78, 5) is 7.30. The summed E-state index contributed by atoms with van der Waals surface area (Å²) in [6.07, 6.45) is 0. The minimum absolute atomic E-state index is 0.111. The summed E-state index contributed by atoms with van der Waals surface area (Å²) in [5, 5.41) is 4.72. The lowest BCUT2D eigenvalue weighted by Crippen LogP contribution is -2.16. The lowest BCUT2D eigenvalue weighted by atomic mass is 9.82. The van der Waals surface area contributed by atoms with Crippen molar-refractivity contribution in [1.82, 2.24) is 4.98 Å². The number of benzene rings is 7. The number of rotatable bonds is 4. The molecular weight excluding hydrogens is 605 g/mol. The summed E-state index contributed by atoms with van der Waals surface area (Å²) < 4.78 is 9.10. The Kier molecular flexibility index (Phi) is 5.79. The number of oxazole rings is 1. The number of fused-ring (bicyclic) bond motifs is 9. The van der Waals surface area contributed by atoms with Crippen molar-refractivity contribution in [2.24, 2.45) is 0 Å². The Hall–Kier alpha value is -5.71. The standard InChI is InChI=1S/C44H30N2OS/c1-44(2)36-16-8-6-13-30(36)31-21-19-29(26-37(31)44)46(28-20-24-41-35(25-28)33-14-7-9-18-40(33)48-41)39-17-10-15-34-32(39)22-23-38-42(34)47-43(45-38)27-11-4-3-5-12-27/h3-26H,1-2H3. The van der Waals surface area contributed by atoms with Crippen LogP contribution < -0.4 is 4.90 Å². The molecule has 1 aliphatic rings. The van der Waals surface area contributed by atoms with E-state index in [0.717, 1.165) is 44.5 Å². The summed E-state index contributed by atoms with van der Waals surface area (Å²) in [6.45, 7) is 4.69. The van der Waals surface area contributed by atoms with Gasteiger partial charge in [-0.15, -0.1) is 11.3 Å².